The third kappa shape index (κ3) is 2.56. The molecule has 3 heterocycles. The summed E-state index contributed by atoms with van der Waals surface area (Å²) in [5.41, 5.74) is 1.49. The van der Waals surface area contributed by atoms with Gasteiger partial charge in [-0.25, -0.2) is 0 Å². The molecule has 2 aliphatic rings. The Bertz CT molecular complexity index is 349. The molecule has 0 radical (unpaired) electrons. The fourth-order valence-corrected chi connectivity index (χ4v) is 3.91. The molecule has 0 aromatic carbocycles. The highest BCUT2D eigenvalue weighted by Gasteiger charge is 2.32. The quantitative estimate of drug-likeness (QED) is 0.796. The third-order valence-corrected chi connectivity index (χ3v) is 5.01. The van der Waals surface area contributed by atoms with E-state index in [1.165, 1.54) is 44.5 Å². The van der Waals surface area contributed by atoms with Crippen LogP contribution in [0, 0.1) is 0 Å². The number of rotatable bonds is 2. The van der Waals surface area contributed by atoms with Gasteiger partial charge < -0.3 is 0 Å². The van der Waals surface area contributed by atoms with Crippen molar-refractivity contribution in [2.45, 2.75) is 44.8 Å². The minimum atomic E-state index is 0.712. The smallest absolute Gasteiger partial charge is 0.0246 e. The molecule has 2 nitrogen and oxygen atoms in total. The summed E-state index contributed by atoms with van der Waals surface area (Å²) in [5.74, 6) is 0. The van der Waals surface area contributed by atoms with E-state index in [1.807, 2.05) is 11.3 Å². The maximum absolute atomic E-state index is 2.72. The Morgan fingerprint density at radius 1 is 1.35 bits per heavy atom. The van der Waals surface area contributed by atoms with E-state index in [0.717, 1.165) is 12.6 Å². The van der Waals surface area contributed by atoms with Crippen LogP contribution >= 0.6 is 11.3 Å². The molecule has 0 N–H and O–H groups in total. The first-order valence-corrected chi connectivity index (χ1v) is 7.76. The Labute approximate surface area is 108 Å². The summed E-state index contributed by atoms with van der Waals surface area (Å²) in [6, 6.07) is 3.81. The molecule has 2 fully saturated rings. The Morgan fingerprint density at radius 2 is 2.29 bits per heavy atom. The van der Waals surface area contributed by atoms with E-state index in [4.69, 9.17) is 0 Å². The summed E-state index contributed by atoms with van der Waals surface area (Å²) in [6.45, 7) is 7.42. The lowest BCUT2D eigenvalue weighted by atomic mass is 9.97. The van der Waals surface area contributed by atoms with Gasteiger partial charge in [-0.1, -0.05) is 6.42 Å². The fourth-order valence-electron chi connectivity index (χ4n) is 3.25. The average Bonchev–Trinajstić information content (AvgIpc) is 2.83. The van der Waals surface area contributed by atoms with Gasteiger partial charge in [0.15, 0.2) is 0 Å². The maximum atomic E-state index is 2.72. The molecule has 0 aliphatic carbocycles. The molecule has 2 unspecified atom stereocenters. The number of nitrogens with zero attached hydrogens (tertiary/aromatic N) is 2. The molecule has 0 spiro atoms. The van der Waals surface area contributed by atoms with Crippen LogP contribution in [0.2, 0.25) is 0 Å². The highest BCUT2D eigenvalue weighted by atomic mass is 32.1. The van der Waals surface area contributed by atoms with Gasteiger partial charge in [-0.3, -0.25) is 9.80 Å². The summed E-state index contributed by atoms with van der Waals surface area (Å²) in [4.78, 5) is 5.40. The van der Waals surface area contributed by atoms with Crippen LogP contribution in [0.5, 0.6) is 0 Å². The molecule has 0 bridgehead atoms. The van der Waals surface area contributed by atoms with E-state index in [9.17, 15) is 0 Å². The Morgan fingerprint density at radius 3 is 3.12 bits per heavy atom. The summed E-state index contributed by atoms with van der Waals surface area (Å²) in [7, 11) is 0. The van der Waals surface area contributed by atoms with Crippen molar-refractivity contribution in [2.75, 3.05) is 19.6 Å². The molecular weight excluding hydrogens is 228 g/mol. The standard InChI is InChI=1S/C14H22N2S/c1-12-8-15-6-3-2-4-14(15)10-16(12)9-13-5-7-17-11-13/h5,7,11-12,14H,2-4,6,8-10H2,1H3. The molecule has 3 heteroatoms. The molecule has 17 heavy (non-hydrogen) atoms. The van der Waals surface area contributed by atoms with Gasteiger partial charge in [0, 0.05) is 31.7 Å². The molecule has 94 valence electrons. The van der Waals surface area contributed by atoms with Crippen molar-refractivity contribution in [3.05, 3.63) is 22.4 Å². The van der Waals surface area contributed by atoms with Crippen molar-refractivity contribution in [1.82, 2.24) is 9.80 Å². The zero-order chi connectivity index (χ0) is 11.7. The Hall–Kier alpha value is -0.380. The monoisotopic (exact) mass is 250 g/mol. The van der Waals surface area contributed by atoms with Gasteiger partial charge in [0.05, 0.1) is 0 Å². The Balaban J connectivity index is 1.65. The van der Waals surface area contributed by atoms with E-state index in [1.54, 1.807) is 0 Å². The number of hydrogen-bond donors (Lipinski definition) is 0. The molecule has 1 aromatic rings. The lowest BCUT2D eigenvalue weighted by molar-refractivity contribution is 0.0111. The van der Waals surface area contributed by atoms with Crippen LogP contribution < -0.4 is 0 Å². The lowest BCUT2D eigenvalue weighted by Crippen LogP contribution is -2.58. The van der Waals surface area contributed by atoms with E-state index >= 15 is 0 Å². The van der Waals surface area contributed by atoms with E-state index < -0.39 is 0 Å². The minimum Gasteiger partial charge on any atom is -0.298 e. The molecule has 0 saturated carbocycles. The van der Waals surface area contributed by atoms with Crippen LogP contribution in [0.3, 0.4) is 0 Å². The van der Waals surface area contributed by atoms with Crippen molar-refractivity contribution in [2.24, 2.45) is 0 Å². The molecule has 0 amide bonds. The number of piperazine rings is 1. The second kappa shape index (κ2) is 5.09. The zero-order valence-electron chi connectivity index (χ0n) is 10.6. The predicted octanol–water partition coefficient (Wildman–Crippen LogP) is 2.81. The van der Waals surface area contributed by atoms with Crippen molar-refractivity contribution in [1.29, 1.82) is 0 Å². The molecular formula is C14H22N2S. The predicted molar refractivity (Wildman–Crippen MR) is 73.4 cm³/mol. The van der Waals surface area contributed by atoms with Crippen LogP contribution in [0.25, 0.3) is 0 Å². The zero-order valence-corrected chi connectivity index (χ0v) is 11.5. The number of piperidine rings is 1. The Kier molecular flexibility index (Phi) is 3.50. The van der Waals surface area contributed by atoms with Crippen LogP contribution in [0.4, 0.5) is 0 Å². The summed E-state index contributed by atoms with van der Waals surface area (Å²) < 4.78 is 0. The molecule has 2 saturated heterocycles. The number of fused-ring (bicyclic) bond motifs is 1. The molecule has 3 rings (SSSR count). The second-order valence-corrected chi connectivity index (χ2v) is 6.33. The largest absolute Gasteiger partial charge is 0.298 e. The highest BCUT2D eigenvalue weighted by molar-refractivity contribution is 7.07. The van der Waals surface area contributed by atoms with Crippen molar-refractivity contribution >= 4 is 11.3 Å². The van der Waals surface area contributed by atoms with E-state index in [0.29, 0.717) is 6.04 Å². The first-order valence-electron chi connectivity index (χ1n) is 6.82. The fraction of sp³-hybridized carbons (Fsp3) is 0.714. The van der Waals surface area contributed by atoms with Gasteiger partial charge in [0.2, 0.25) is 0 Å². The van der Waals surface area contributed by atoms with Crippen LogP contribution in [0.1, 0.15) is 31.7 Å². The number of thiophene rings is 1. The topological polar surface area (TPSA) is 6.48 Å². The first kappa shape index (κ1) is 11.7. The summed E-state index contributed by atoms with van der Waals surface area (Å²) in [6.07, 6.45) is 4.25. The average molecular weight is 250 g/mol. The van der Waals surface area contributed by atoms with Crippen LogP contribution in [-0.2, 0) is 6.54 Å². The SMILES string of the molecule is CC1CN2CCCCC2CN1Cc1ccsc1. The van der Waals surface area contributed by atoms with Crippen LogP contribution in [0.15, 0.2) is 16.8 Å². The normalized spacial score (nSPS) is 31.4. The van der Waals surface area contributed by atoms with Gasteiger partial charge in [0.1, 0.15) is 0 Å². The third-order valence-electron chi connectivity index (χ3n) is 4.28. The maximum Gasteiger partial charge on any atom is 0.0246 e. The summed E-state index contributed by atoms with van der Waals surface area (Å²) in [5, 5.41) is 4.48. The molecule has 2 aliphatic heterocycles. The van der Waals surface area contributed by atoms with Gasteiger partial charge in [-0.05, 0) is 48.7 Å². The van der Waals surface area contributed by atoms with Gasteiger partial charge >= 0.3 is 0 Å². The van der Waals surface area contributed by atoms with Crippen molar-refractivity contribution < 1.29 is 0 Å². The summed E-state index contributed by atoms with van der Waals surface area (Å²) >= 11 is 1.82. The van der Waals surface area contributed by atoms with Gasteiger partial charge in [-0.2, -0.15) is 11.3 Å². The van der Waals surface area contributed by atoms with Crippen LogP contribution in [-0.4, -0.2) is 41.5 Å². The molecule has 1 aromatic heterocycles. The van der Waals surface area contributed by atoms with Gasteiger partial charge in [0.25, 0.3) is 0 Å². The van der Waals surface area contributed by atoms with E-state index in [-0.39, 0.29) is 0 Å². The van der Waals surface area contributed by atoms with Crippen molar-refractivity contribution in [3.63, 3.8) is 0 Å². The molecule has 2 atom stereocenters. The van der Waals surface area contributed by atoms with E-state index in [2.05, 4.69) is 33.6 Å². The first-order chi connectivity index (χ1) is 8.33. The highest BCUT2D eigenvalue weighted by Crippen LogP contribution is 2.25. The minimum absolute atomic E-state index is 0.712. The van der Waals surface area contributed by atoms with Gasteiger partial charge in [-0.15, -0.1) is 0 Å². The lowest BCUT2D eigenvalue weighted by Gasteiger charge is -2.47. The van der Waals surface area contributed by atoms with Crippen molar-refractivity contribution in [3.8, 4) is 0 Å². The second-order valence-electron chi connectivity index (χ2n) is 5.55. The number of hydrogen-bond acceptors (Lipinski definition) is 3.